The van der Waals surface area contributed by atoms with Gasteiger partial charge in [0.05, 0.1) is 10.6 Å². The Balaban J connectivity index is 1.75. The molecule has 2 aromatic rings. The number of rotatable bonds is 7. The number of ether oxygens (including phenoxy) is 1. The third-order valence-corrected chi connectivity index (χ3v) is 5.22. The molecule has 3 rings (SSSR count). The van der Waals surface area contributed by atoms with Crippen molar-refractivity contribution in [1.29, 1.82) is 0 Å². The quantitative estimate of drug-likeness (QED) is 0.661. The monoisotopic (exact) mass is 410 g/mol. The summed E-state index contributed by atoms with van der Waals surface area (Å²) in [6.45, 7) is 3.84. The van der Waals surface area contributed by atoms with Crippen molar-refractivity contribution in [3.05, 3.63) is 64.6 Å². The maximum Gasteiger partial charge on any atom is 0.344 e. The van der Waals surface area contributed by atoms with E-state index in [1.807, 2.05) is 30.3 Å². The molecule has 7 heteroatoms. The lowest BCUT2D eigenvalue weighted by molar-refractivity contribution is -0.145. The highest BCUT2D eigenvalue weighted by Gasteiger charge is 2.24. The van der Waals surface area contributed by atoms with E-state index in [0.717, 1.165) is 17.7 Å². The lowest BCUT2D eigenvalue weighted by atomic mass is 10.2. The number of carboxylic acid groups (broad SMARTS) is 1. The van der Waals surface area contributed by atoms with Crippen LogP contribution in [0.3, 0.4) is 0 Å². The van der Waals surface area contributed by atoms with Gasteiger partial charge in [-0.25, -0.2) is 9.79 Å². The van der Waals surface area contributed by atoms with Gasteiger partial charge in [0.15, 0.2) is 11.3 Å². The molecule has 1 saturated heterocycles. The van der Waals surface area contributed by atoms with E-state index in [-0.39, 0.29) is 5.91 Å². The number of benzene rings is 2. The van der Waals surface area contributed by atoms with Gasteiger partial charge in [-0.2, -0.15) is 0 Å². The van der Waals surface area contributed by atoms with Gasteiger partial charge < -0.3 is 15.2 Å². The topological polar surface area (TPSA) is 88.0 Å². The molecule has 1 amide bonds. The predicted molar refractivity (Wildman–Crippen MR) is 115 cm³/mol. The molecule has 1 aliphatic heterocycles. The van der Waals surface area contributed by atoms with E-state index in [9.17, 15) is 9.59 Å². The average molecular weight is 410 g/mol. The van der Waals surface area contributed by atoms with Gasteiger partial charge in [-0.3, -0.25) is 4.79 Å². The van der Waals surface area contributed by atoms with Crippen LogP contribution >= 0.6 is 11.8 Å². The number of nitrogens with one attached hydrogen (secondary N) is 1. The molecule has 0 aromatic heterocycles. The molecule has 0 aliphatic carbocycles. The van der Waals surface area contributed by atoms with E-state index in [0.29, 0.717) is 22.2 Å². The molecule has 1 atom stereocenters. The molecule has 1 fully saturated rings. The Morgan fingerprint density at radius 2 is 2.00 bits per heavy atom. The summed E-state index contributed by atoms with van der Waals surface area (Å²) in [5, 5.41) is 12.4. The normalized spacial score (nSPS) is 17.4. The number of amides is 1. The smallest absolute Gasteiger partial charge is 0.344 e. The lowest BCUT2D eigenvalue weighted by Crippen LogP contribution is -2.25. The molecule has 150 valence electrons. The molecule has 1 aliphatic rings. The van der Waals surface area contributed by atoms with Crippen LogP contribution < -0.4 is 10.1 Å². The van der Waals surface area contributed by atoms with Gasteiger partial charge in [-0.15, -0.1) is 0 Å². The highest BCUT2D eigenvalue weighted by molar-refractivity contribution is 8.18. The van der Waals surface area contributed by atoms with E-state index >= 15 is 0 Å². The van der Waals surface area contributed by atoms with E-state index in [1.165, 1.54) is 17.3 Å². The molecule has 6 nitrogen and oxygen atoms in total. The van der Waals surface area contributed by atoms with Crippen molar-refractivity contribution in [2.24, 2.45) is 4.99 Å². The third kappa shape index (κ3) is 5.48. The van der Waals surface area contributed by atoms with Crippen LogP contribution in [0.1, 0.15) is 31.4 Å². The number of thioether (sulfide) groups is 1. The van der Waals surface area contributed by atoms with E-state index in [1.54, 1.807) is 31.2 Å². The van der Waals surface area contributed by atoms with E-state index in [2.05, 4.69) is 17.2 Å². The number of aryl methyl sites for hydroxylation is 1. The Labute approximate surface area is 173 Å². The van der Waals surface area contributed by atoms with Gasteiger partial charge in [0, 0.05) is 0 Å². The molecule has 0 radical (unpaired) electrons. The molecular formula is C22H22N2O4S. The van der Waals surface area contributed by atoms with Crippen molar-refractivity contribution in [2.45, 2.75) is 32.8 Å². The Hall–Kier alpha value is -3.06. The zero-order valence-corrected chi connectivity index (χ0v) is 17.0. The molecular weight excluding hydrogens is 388 g/mol. The van der Waals surface area contributed by atoms with Crippen LogP contribution in [-0.2, 0) is 16.0 Å². The summed E-state index contributed by atoms with van der Waals surface area (Å²) in [6, 6.07) is 14.9. The predicted octanol–water partition coefficient (Wildman–Crippen LogP) is 4.38. The number of amidine groups is 1. The number of nitrogens with zero attached hydrogens (tertiary/aromatic N) is 1. The summed E-state index contributed by atoms with van der Waals surface area (Å²) < 4.78 is 5.52. The Morgan fingerprint density at radius 3 is 2.66 bits per heavy atom. The van der Waals surface area contributed by atoms with Crippen LogP contribution in [0.2, 0.25) is 0 Å². The minimum Gasteiger partial charge on any atom is -0.479 e. The molecule has 2 aromatic carbocycles. The van der Waals surface area contributed by atoms with Crippen LogP contribution in [0.15, 0.2) is 58.4 Å². The number of hydrogen-bond acceptors (Lipinski definition) is 5. The van der Waals surface area contributed by atoms with Gasteiger partial charge in [0.25, 0.3) is 5.91 Å². The standard InChI is InChI=1S/C22H22N2O4S/c1-3-14-8-10-16(11-9-14)23-22-24-20(25)19(29-22)13-15-6-5-7-17(12-15)28-18(4-2)21(26)27/h5-13,18H,3-4H2,1-2H3,(H,26,27)(H,23,24,25)/b19-13+. The van der Waals surface area contributed by atoms with Gasteiger partial charge >= 0.3 is 5.97 Å². The minimum absolute atomic E-state index is 0.220. The van der Waals surface area contributed by atoms with Crippen molar-refractivity contribution >= 4 is 40.6 Å². The number of aliphatic imine (C=N–C) groups is 1. The van der Waals surface area contributed by atoms with Crippen molar-refractivity contribution in [3.8, 4) is 5.75 Å². The first-order chi connectivity index (χ1) is 14.0. The Kier molecular flexibility index (Phi) is 6.72. The second-order valence-corrected chi connectivity index (χ2v) is 7.46. The van der Waals surface area contributed by atoms with Crippen molar-refractivity contribution < 1.29 is 19.4 Å². The van der Waals surface area contributed by atoms with Crippen molar-refractivity contribution in [3.63, 3.8) is 0 Å². The summed E-state index contributed by atoms with van der Waals surface area (Å²) in [5.74, 6) is -0.779. The number of carbonyl (C=O) groups excluding carboxylic acids is 1. The zero-order valence-electron chi connectivity index (χ0n) is 16.2. The molecule has 29 heavy (non-hydrogen) atoms. The molecule has 0 spiro atoms. The SMILES string of the molecule is CCc1ccc(N=C2NC(=O)/C(=C\c3cccc(OC(CC)C(=O)O)c3)S2)cc1. The summed E-state index contributed by atoms with van der Waals surface area (Å²) >= 11 is 1.26. The van der Waals surface area contributed by atoms with Gasteiger partial charge in [0.1, 0.15) is 5.75 Å². The molecule has 2 N–H and O–H groups in total. The maximum absolute atomic E-state index is 12.3. The summed E-state index contributed by atoms with van der Waals surface area (Å²) in [5.41, 5.74) is 2.75. The molecule has 1 heterocycles. The number of aliphatic carboxylic acids is 1. The summed E-state index contributed by atoms with van der Waals surface area (Å²) in [4.78, 5) is 28.4. The number of carboxylic acids is 1. The van der Waals surface area contributed by atoms with Crippen LogP contribution in [-0.4, -0.2) is 28.3 Å². The fraction of sp³-hybridized carbons (Fsp3) is 0.227. The summed E-state index contributed by atoms with van der Waals surface area (Å²) in [6.07, 6.45) is 2.15. The van der Waals surface area contributed by atoms with Gasteiger partial charge in [-0.05, 0) is 66.1 Å². The van der Waals surface area contributed by atoms with Gasteiger partial charge in [-0.1, -0.05) is 38.1 Å². The van der Waals surface area contributed by atoms with Crippen LogP contribution in [0.25, 0.3) is 6.08 Å². The van der Waals surface area contributed by atoms with Crippen molar-refractivity contribution in [2.75, 3.05) is 0 Å². The van der Waals surface area contributed by atoms with Gasteiger partial charge in [0.2, 0.25) is 0 Å². The molecule has 0 bridgehead atoms. The first-order valence-corrected chi connectivity index (χ1v) is 10.2. The van der Waals surface area contributed by atoms with Crippen LogP contribution in [0.5, 0.6) is 5.75 Å². The second-order valence-electron chi connectivity index (χ2n) is 6.43. The fourth-order valence-corrected chi connectivity index (χ4v) is 3.55. The third-order valence-electron chi connectivity index (χ3n) is 4.31. The highest BCUT2D eigenvalue weighted by Crippen LogP contribution is 2.29. The highest BCUT2D eigenvalue weighted by atomic mass is 32.2. The second kappa shape index (κ2) is 9.43. The molecule has 1 unspecified atom stereocenters. The lowest BCUT2D eigenvalue weighted by Gasteiger charge is -2.13. The Morgan fingerprint density at radius 1 is 1.24 bits per heavy atom. The molecule has 0 saturated carbocycles. The average Bonchev–Trinajstić information content (AvgIpc) is 3.05. The van der Waals surface area contributed by atoms with Crippen LogP contribution in [0, 0.1) is 0 Å². The number of hydrogen-bond donors (Lipinski definition) is 2. The Bertz CT molecular complexity index is 967. The minimum atomic E-state index is -1.00. The number of carbonyl (C=O) groups is 2. The van der Waals surface area contributed by atoms with Crippen molar-refractivity contribution in [1.82, 2.24) is 5.32 Å². The first kappa shape index (κ1) is 20.7. The maximum atomic E-state index is 12.3. The van der Waals surface area contributed by atoms with Crippen LogP contribution in [0.4, 0.5) is 5.69 Å². The first-order valence-electron chi connectivity index (χ1n) is 9.36. The zero-order chi connectivity index (χ0) is 20.8. The van der Waals surface area contributed by atoms with E-state index < -0.39 is 12.1 Å². The van der Waals surface area contributed by atoms with E-state index in [4.69, 9.17) is 9.84 Å². The summed E-state index contributed by atoms with van der Waals surface area (Å²) in [7, 11) is 0. The largest absolute Gasteiger partial charge is 0.479 e. The fourth-order valence-electron chi connectivity index (χ4n) is 2.71.